The predicted molar refractivity (Wildman–Crippen MR) is 45.9 cm³/mol. The summed E-state index contributed by atoms with van der Waals surface area (Å²) in [6, 6.07) is 8.71. The number of hydrogen-bond acceptors (Lipinski definition) is 0. The van der Waals surface area contributed by atoms with Crippen molar-refractivity contribution in [1.82, 2.24) is 0 Å². The van der Waals surface area contributed by atoms with Crippen LogP contribution in [0.2, 0.25) is 0 Å². The van der Waals surface area contributed by atoms with E-state index in [9.17, 15) is 0 Å². The Bertz CT molecular complexity index is 198. The van der Waals surface area contributed by atoms with Gasteiger partial charge in [0.1, 0.15) is 0 Å². The molecule has 0 saturated carbocycles. The first-order chi connectivity index (χ1) is 4.70. The SMILES string of the molecule is [Li][c]1ccc(C(C)C)cc1. The second-order valence-electron chi connectivity index (χ2n) is 3.07. The first-order valence-electron chi connectivity index (χ1n) is 3.76. The molecule has 0 bridgehead atoms. The second-order valence-corrected chi connectivity index (χ2v) is 3.07. The van der Waals surface area contributed by atoms with Crippen LogP contribution >= 0.6 is 0 Å². The summed E-state index contributed by atoms with van der Waals surface area (Å²) in [6.07, 6.45) is 0. The van der Waals surface area contributed by atoms with Crippen LogP contribution < -0.4 is 4.24 Å². The quantitative estimate of drug-likeness (QED) is 0.501. The molecule has 10 heavy (non-hydrogen) atoms. The van der Waals surface area contributed by atoms with Crippen LogP contribution in [0, 0.1) is 0 Å². The third-order valence-electron chi connectivity index (χ3n) is 1.74. The number of hydrogen-bond donors (Lipinski definition) is 0. The second kappa shape index (κ2) is 3.28. The molecule has 1 aromatic carbocycles. The minimum atomic E-state index is 0.653. The average Bonchev–Trinajstić information content (AvgIpc) is 1.88. The molecule has 0 spiro atoms. The molecule has 0 aromatic heterocycles. The van der Waals surface area contributed by atoms with Crippen LogP contribution in [-0.2, 0) is 0 Å². The van der Waals surface area contributed by atoms with Gasteiger partial charge in [0.25, 0.3) is 0 Å². The van der Waals surface area contributed by atoms with Crippen molar-refractivity contribution in [3.8, 4) is 0 Å². The van der Waals surface area contributed by atoms with E-state index in [0.717, 1.165) is 0 Å². The molecular weight excluding hydrogens is 115 g/mol. The van der Waals surface area contributed by atoms with E-state index in [1.807, 2.05) is 0 Å². The van der Waals surface area contributed by atoms with Gasteiger partial charge in [-0.1, -0.05) is 0 Å². The van der Waals surface area contributed by atoms with Crippen LogP contribution in [0.5, 0.6) is 0 Å². The van der Waals surface area contributed by atoms with Gasteiger partial charge in [-0.2, -0.15) is 0 Å². The zero-order chi connectivity index (χ0) is 7.56. The molecule has 0 saturated heterocycles. The third kappa shape index (κ3) is 1.90. The van der Waals surface area contributed by atoms with Gasteiger partial charge >= 0.3 is 71.5 Å². The van der Waals surface area contributed by atoms with Crippen molar-refractivity contribution in [3.63, 3.8) is 0 Å². The van der Waals surface area contributed by atoms with Crippen LogP contribution in [-0.4, -0.2) is 17.7 Å². The van der Waals surface area contributed by atoms with E-state index in [1.54, 1.807) is 0 Å². The molecule has 0 N–H and O–H groups in total. The summed E-state index contributed by atoms with van der Waals surface area (Å²) in [5, 5.41) is 0. The van der Waals surface area contributed by atoms with Gasteiger partial charge < -0.3 is 0 Å². The van der Waals surface area contributed by atoms with Gasteiger partial charge in [-0.3, -0.25) is 0 Å². The summed E-state index contributed by atoms with van der Waals surface area (Å²) in [5.74, 6) is 0.653. The van der Waals surface area contributed by atoms with E-state index >= 15 is 0 Å². The standard InChI is InChI=1S/C9H11.Li/c1-8(2)9-6-4-3-5-7-9;/h4-8H,1-2H3;. The Hall–Kier alpha value is -0.183. The molecule has 0 atom stereocenters. The summed E-state index contributed by atoms with van der Waals surface area (Å²) in [4.78, 5) is 0. The van der Waals surface area contributed by atoms with Gasteiger partial charge in [0.2, 0.25) is 0 Å². The van der Waals surface area contributed by atoms with Gasteiger partial charge in [-0.15, -0.1) is 0 Å². The van der Waals surface area contributed by atoms with Gasteiger partial charge in [0, 0.05) is 0 Å². The van der Waals surface area contributed by atoms with Crippen LogP contribution in [0.4, 0.5) is 0 Å². The van der Waals surface area contributed by atoms with E-state index in [2.05, 4.69) is 55.8 Å². The molecule has 0 amide bonds. The van der Waals surface area contributed by atoms with E-state index in [-0.39, 0.29) is 0 Å². The van der Waals surface area contributed by atoms with Crippen LogP contribution in [0.3, 0.4) is 0 Å². The fourth-order valence-electron chi connectivity index (χ4n) is 0.951. The normalized spacial score (nSPS) is 10.5. The first kappa shape index (κ1) is 7.92. The zero-order valence-electron chi connectivity index (χ0n) is 6.89. The Balaban J connectivity index is 2.89. The van der Waals surface area contributed by atoms with E-state index < -0.39 is 0 Å². The molecule has 0 fully saturated rings. The van der Waals surface area contributed by atoms with Crippen molar-refractivity contribution in [1.29, 1.82) is 0 Å². The monoisotopic (exact) mass is 126 g/mol. The molecule has 0 aliphatic heterocycles. The van der Waals surface area contributed by atoms with Gasteiger partial charge in [0.15, 0.2) is 0 Å². The van der Waals surface area contributed by atoms with E-state index in [0.29, 0.717) is 5.92 Å². The Morgan fingerprint density at radius 2 is 1.60 bits per heavy atom. The number of benzene rings is 1. The topological polar surface area (TPSA) is 0 Å². The average molecular weight is 126 g/mol. The minimum absolute atomic E-state index is 0.653. The summed E-state index contributed by atoms with van der Waals surface area (Å²) < 4.78 is 1.34. The summed E-state index contributed by atoms with van der Waals surface area (Å²) in [5.41, 5.74) is 1.42. The first-order valence-corrected chi connectivity index (χ1v) is 3.76. The summed E-state index contributed by atoms with van der Waals surface area (Å²) >= 11 is 2.12. The molecule has 1 rings (SSSR count). The Labute approximate surface area is 71.8 Å². The third-order valence-corrected chi connectivity index (χ3v) is 1.74. The molecule has 0 heterocycles. The zero-order valence-corrected chi connectivity index (χ0v) is 6.89. The van der Waals surface area contributed by atoms with Crippen molar-refractivity contribution in [3.05, 3.63) is 29.8 Å². The maximum atomic E-state index is 2.21. The van der Waals surface area contributed by atoms with Crippen LogP contribution in [0.1, 0.15) is 25.3 Å². The molecule has 0 nitrogen and oxygen atoms in total. The maximum absolute atomic E-state index is 2.21. The van der Waals surface area contributed by atoms with Crippen molar-refractivity contribution >= 4 is 22.0 Å². The van der Waals surface area contributed by atoms with Crippen molar-refractivity contribution < 1.29 is 0 Å². The molecular formula is C9H11Li. The summed E-state index contributed by atoms with van der Waals surface area (Å²) in [6.45, 7) is 4.43. The molecule has 0 radical (unpaired) electrons. The van der Waals surface area contributed by atoms with Gasteiger partial charge in [-0.25, -0.2) is 0 Å². The fourth-order valence-corrected chi connectivity index (χ4v) is 0.951. The molecule has 1 aromatic rings. The fraction of sp³-hybridized carbons (Fsp3) is 0.333. The van der Waals surface area contributed by atoms with Gasteiger partial charge in [-0.05, 0) is 0 Å². The molecule has 48 valence electrons. The van der Waals surface area contributed by atoms with E-state index in [1.165, 1.54) is 9.80 Å². The van der Waals surface area contributed by atoms with Crippen molar-refractivity contribution in [2.75, 3.05) is 0 Å². The molecule has 0 aliphatic rings. The summed E-state index contributed by atoms with van der Waals surface area (Å²) in [7, 11) is 0. The van der Waals surface area contributed by atoms with Crippen LogP contribution in [0.15, 0.2) is 24.3 Å². The Morgan fingerprint density at radius 1 is 1.10 bits per heavy atom. The van der Waals surface area contributed by atoms with Crippen molar-refractivity contribution in [2.24, 2.45) is 0 Å². The molecule has 1 heteroatoms. The van der Waals surface area contributed by atoms with Crippen LogP contribution in [0.25, 0.3) is 0 Å². The Kier molecular flexibility index (Phi) is 2.60. The Morgan fingerprint density at radius 3 is 2.00 bits per heavy atom. The van der Waals surface area contributed by atoms with E-state index in [4.69, 9.17) is 0 Å². The van der Waals surface area contributed by atoms with Crippen molar-refractivity contribution in [2.45, 2.75) is 19.8 Å². The number of rotatable bonds is 1. The molecule has 0 aliphatic carbocycles. The predicted octanol–water partition coefficient (Wildman–Crippen LogP) is 1.60. The van der Waals surface area contributed by atoms with Gasteiger partial charge in [0.05, 0.1) is 0 Å². The molecule has 0 unspecified atom stereocenters.